The van der Waals surface area contributed by atoms with Crippen LogP contribution in [-0.2, 0) is 12.4 Å². The highest BCUT2D eigenvalue weighted by Crippen LogP contribution is 2.41. The highest BCUT2D eigenvalue weighted by atomic mass is 32.2. The van der Waals surface area contributed by atoms with E-state index >= 15 is 0 Å². The number of nitro groups is 1. The maximum absolute atomic E-state index is 13.8. The van der Waals surface area contributed by atoms with Gasteiger partial charge in [0.15, 0.2) is 0 Å². The number of benzene rings is 2. The van der Waals surface area contributed by atoms with Crippen molar-refractivity contribution in [2.75, 3.05) is 0 Å². The average molecular weight is 508 g/mol. The zero-order chi connectivity index (χ0) is 25.4. The third-order valence-electron chi connectivity index (χ3n) is 4.21. The molecule has 0 amide bonds. The standard InChI is InChI=1S/C19H14F6N4O4S/c1-9(2)33-11-4-5-13(12(8-11)19(23,24)25)28-16(30)26-27-17(28)34-15-6-3-10(18(20,21)22)7-14(15)29(31)32/h3-9H,1-2H3,(H,26,30). The number of H-pyrrole nitrogens is 1. The molecular formula is C19H14F6N4O4S. The Morgan fingerprint density at radius 2 is 1.76 bits per heavy atom. The molecule has 34 heavy (non-hydrogen) atoms. The molecule has 1 heterocycles. The van der Waals surface area contributed by atoms with Gasteiger partial charge >= 0.3 is 18.0 Å². The summed E-state index contributed by atoms with van der Waals surface area (Å²) in [5, 5.41) is 16.4. The first-order valence-corrected chi connectivity index (χ1v) is 10.1. The fraction of sp³-hybridized carbons (Fsp3) is 0.263. The maximum atomic E-state index is 13.8. The van der Waals surface area contributed by atoms with Crippen molar-refractivity contribution in [2.24, 2.45) is 0 Å². The van der Waals surface area contributed by atoms with Gasteiger partial charge in [-0.15, -0.1) is 5.10 Å². The van der Waals surface area contributed by atoms with Crippen LogP contribution in [0.2, 0.25) is 0 Å². The Hall–Kier alpha value is -3.49. The summed E-state index contributed by atoms with van der Waals surface area (Å²) < 4.78 is 85.9. The molecule has 182 valence electrons. The number of ether oxygens (including phenoxy) is 1. The van der Waals surface area contributed by atoms with Crippen LogP contribution in [0.4, 0.5) is 32.0 Å². The van der Waals surface area contributed by atoms with Crippen LogP contribution in [0.3, 0.4) is 0 Å². The summed E-state index contributed by atoms with van der Waals surface area (Å²) in [6.45, 7) is 3.21. The number of aromatic nitrogens is 3. The van der Waals surface area contributed by atoms with Gasteiger partial charge < -0.3 is 4.74 Å². The first-order valence-electron chi connectivity index (χ1n) is 9.27. The Kier molecular flexibility index (Phi) is 6.68. The summed E-state index contributed by atoms with van der Waals surface area (Å²) in [6, 6.07) is 4.48. The van der Waals surface area contributed by atoms with Crippen LogP contribution in [0.25, 0.3) is 5.69 Å². The third kappa shape index (κ3) is 5.35. The highest BCUT2D eigenvalue weighted by molar-refractivity contribution is 7.99. The number of hydrogen-bond acceptors (Lipinski definition) is 6. The van der Waals surface area contributed by atoms with Crippen LogP contribution in [-0.4, -0.2) is 25.8 Å². The van der Waals surface area contributed by atoms with Crippen LogP contribution in [0, 0.1) is 10.1 Å². The summed E-state index contributed by atoms with van der Waals surface area (Å²) >= 11 is 0.351. The Morgan fingerprint density at radius 1 is 1.09 bits per heavy atom. The van der Waals surface area contributed by atoms with Crippen molar-refractivity contribution >= 4 is 17.4 Å². The first-order chi connectivity index (χ1) is 15.7. The van der Waals surface area contributed by atoms with Gasteiger partial charge in [-0.3, -0.25) is 10.1 Å². The molecule has 0 unspecified atom stereocenters. The largest absolute Gasteiger partial charge is 0.491 e. The lowest BCUT2D eigenvalue weighted by Crippen LogP contribution is -2.20. The average Bonchev–Trinajstić information content (AvgIpc) is 3.06. The summed E-state index contributed by atoms with van der Waals surface area (Å²) in [7, 11) is 0. The predicted molar refractivity (Wildman–Crippen MR) is 107 cm³/mol. The van der Waals surface area contributed by atoms with E-state index in [-0.39, 0.29) is 16.7 Å². The molecule has 0 aliphatic carbocycles. The van der Waals surface area contributed by atoms with Crippen molar-refractivity contribution in [3.05, 3.63) is 68.1 Å². The van der Waals surface area contributed by atoms with Crippen molar-refractivity contribution in [3.63, 3.8) is 0 Å². The number of nitrogens with zero attached hydrogens (tertiary/aromatic N) is 3. The second-order valence-electron chi connectivity index (χ2n) is 7.03. The van der Waals surface area contributed by atoms with Crippen molar-refractivity contribution in [1.82, 2.24) is 14.8 Å². The smallest absolute Gasteiger partial charge is 0.418 e. The molecule has 0 radical (unpaired) electrons. The molecule has 0 atom stereocenters. The topological polar surface area (TPSA) is 103 Å². The molecule has 15 heteroatoms. The van der Waals surface area contributed by atoms with E-state index in [0.29, 0.717) is 28.5 Å². The van der Waals surface area contributed by atoms with E-state index in [1.807, 2.05) is 5.10 Å². The van der Waals surface area contributed by atoms with E-state index < -0.39 is 56.7 Å². The van der Waals surface area contributed by atoms with Gasteiger partial charge in [-0.05, 0) is 55.9 Å². The number of halogens is 6. The first kappa shape index (κ1) is 25.1. The van der Waals surface area contributed by atoms with Crippen molar-refractivity contribution in [2.45, 2.75) is 42.4 Å². The molecule has 0 saturated heterocycles. The second-order valence-corrected chi connectivity index (χ2v) is 8.04. The molecule has 0 bridgehead atoms. The van der Waals surface area contributed by atoms with E-state index in [4.69, 9.17) is 4.74 Å². The Bertz CT molecular complexity index is 1280. The van der Waals surface area contributed by atoms with Crippen LogP contribution in [0.15, 0.2) is 51.2 Å². The maximum Gasteiger partial charge on any atom is 0.418 e. The lowest BCUT2D eigenvalue weighted by Gasteiger charge is -2.17. The monoisotopic (exact) mass is 508 g/mol. The van der Waals surface area contributed by atoms with E-state index in [1.165, 1.54) is 6.07 Å². The fourth-order valence-electron chi connectivity index (χ4n) is 2.87. The lowest BCUT2D eigenvalue weighted by molar-refractivity contribution is -0.388. The number of nitrogens with one attached hydrogen (secondary N) is 1. The SMILES string of the molecule is CC(C)Oc1ccc(-n2c(Sc3ccc(C(F)(F)F)cc3[N+](=O)[O-])n[nH]c2=O)c(C(F)(F)F)c1. The van der Waals surface area contributed by atoms with Gasteiger partial charge in [-0.2, -0.15) is 26.3 Å². The Morgan fingerprint density at radius 3 is 2.32 bits per heavy atom. The van der Waals surface area contributed by atoms with Crippen LogP contribution >= 0.6 is 11.8 Å². The number of rotatable bonds is 6. The molecule has 0 fully saturated rings. The molecule has 0 spiro atoms. The van der Waals surface area contributed by atoms with Gasteiger partial charge in [0.25, 0.3) is 5.69 Å². The molecule has 1 N–H and O–H groups in total. The van der Waals surface area contributed by atoms with Gasteiger partial charge in [0.1, 0.15) is 5.75 Å². The molecule has 2 aromatic carbocycles. The van der Waals surface area contributed by atoms with E-state index in [9.17, 15) is 41.3 Å². The quantitative estimate of drug-likeness (QED) is 0.270. The van der Waals surface area contributed by atoms with Gasteiger partial charge in [0, 0.05) is 6.07 Å². The summed E-state index contributed by atoms with van der Waals surface area (Å²) in [4.78, 5) is 22.2. The van der Waals surface area contributed by atoms with Crippen LogP contribution in [0.5, 0.6) is 5.75 Å². The van der Waals surface area contributed by atoms with Gasteiger partial charge in [-0.25, -0.2) is 14.5 Å². The van der Waals surface area contributed by atoms with Gasteiger partial charge in [-0.1, -0.05) is 0 Å². The number of hydrogen-bond donors (Lipinski definition) is 1. The zero-order valence-corrected chi connectivity index (χ0v) is 18.0. The Balaban J connectivity index is 2.13. The van der Waals surface area contributed by atoms with Crippen molar-refractivity contribution in [3.8, 4) is 11.4 Å². The van der Waals surface area contributed by atoms with Crippen molar-refractivity contribution in [1.29, 1.82) is 0 Å². The number of aromatic amines is 1. The van der Waals surface area contributed by atoms with Crippen LogP contribution < -0.4 is 10.4 Å². The second kappa shape index (κ2) is 9.04. The van der Waals surface area contributed by atoms with E-state index in [2.05, 4.69) is 5.10 Å². The Labute approximate surface area is 190 Å². The third-order valence-corrected chi connectivity index (χ3v) is 5.23. The number of nitro benzene ring substituents is 1. The minimum Gasteiger partial charge on any atom is -0.491 e. The molecule has 0 aliphatic heterocycles. The molecule has 8 nitrogen and oxygen atoms in total. The molecular weight excluding hydrogens is 494 g/mol. The molecule has 0 aliphatic rings. The molecule has 0 saturated carbocycles. The lowest BCUT2D eigenvalue weighted by atomic mass is 10.1. The number of alkyl halides is 6. The van der Waals surface area contributed by atoms with Gasteiger partial charge in [0.05, 0.1) is 32.7 Å². The summed E-state index contributed by atoms with van der Waals surface area (Å²) in [5.41, 5.74) is -5.25. The fourth-order valence-corrected chi connectivity index (χ4v) is 3.80. The molecule has 3 aromatic rings. The van der Waals surface area contributed by atoms with Gasteiger partial charge in [0.2, 0.25) is 5.16 Å². The summed E-state index contributed by atoms with van der Waals surface area (Å²) in [5.74, 6) is -0.116. The minimum absolute atomic E-state index is 0.116. The molecule has 1 aromatic heterocycles. The molecule has 3 rings (SSSR count). The highest BCUT2D eigenvalue weighted by Gasteiger charge is 2.37. The normalized spacial score (nSPS) is 12.3. The van der Waals surface area contributed by atoms with Crippen LogP contribution in [0.1, 0.15) is 25.0 Å². The summed E-state index contributed by atoms with van der Waals surface area (Å²) in [6.07, 6.45) is -10.2. The minimum atomic E-state index is -4.93. The van der Waals surface area contributed by atoms with E-state index in [1.54, 1.807) is 13.8 Å². The van der Waals surface area contributed by atoms with Crippen molar-refractivity contribution < 1.29 is 36.0 Å². The zero-order valence-electron chi connectivity index (χ0n) is 17.2. The van der Waals surface area contributed by atoms with E-state index in [0.717, 1.165) is 12.1 Å². The predicted octanol–water partition coefficient (Wildman–Crippen LogP) is 5.44.